The first-order valence-electron chi connectivity index (χ1n) is 4.97. The highest BCUT2D eigenvalue weighted by Gasteiger charge is 2.14. The van der Waals surface area contributed by atoms with Gasteiger partial charge in [-0.05, 0) is 47.4 Å². The third-order valence-electron chi connectivity index (χ3n) is 2.44. The number of hydrogen-bond donors (Lipinski definition) is 1. The zero-order valence-electron chi connectivity index (χ0n) is 8.00. The molecule has 0 unspecified atom stereocenters. The van der Waals surface area contributed by atoms with E-state index in [4.69, 9.17) is 4.74 Å². The Morgan fingerprint density at radius 1 is 1.43 bits per heavy atom. The minimum Gasteiger partial charge on any atom is -0.491 e. The molecule has 1 fully saturated rings. The normalized spacial score (nSPS) is 21.1. The van der Waals surface area contributed by atoms with Gasteiger partial charge in [0.25, 0.3) is 0 Å². The molecule has 1 N–H and O–H groups in total. The van der Waals surface area contributed by atoms with Crippen LogP contribution in [0.15, 0.2) is 28.7 Å². The van der Waals surface area contributed by atoms with Crippen LogP contribution in [0.3, 0.4) is 0 Å². The van der Waals surface area contributed by atoms with E-state index in [1.807, 2.05) is 24.3 Å². The SMILES string of the molecule is Brc1ccccc1OC[C@H]1CCCN1. The number of nitrogens with one attached hydrogen (secondary N) is 1. The minimum absolute atomic E-state index is 0.530. The number of para-hydroxylation sites is 1. The molecule has 0 spiro atoms. The molecule has 1 aromatic rings. The van der Waals surface area contributed by atoms with Crippen molar-refractivity contribution in [1.29, 1.82) is 0 Å². The number of benzene rings is 1. The van der Waals surface area contributed by atoms with E-state index in [2.05, 4.69) is 21.2 Å². The van der Waals surface area contributed by atoms with Crippen molar-refractivity contribution >= 4 is 15.9 Å². The van der Waals surface area contributed by atoms with Crippen LogP contribution in [-0.4, -0.2) is 19.2 Å². The Bertz CT molecular complexity index is 297. The van der Waals surface area contributed by atoms with E-state index in [0.29, 0.717) is 6.04 Å². The number of hydrogen-bond acceptors (Lipinski definition) is 2. The third kappa shape index (κ3) is 2.49. The molecular formula is C11H14BrNO. The molecular weight excluding hydrogens is 242 g/mol. The standard InChI is InChI=1S/C11H14BrNO/c12-10-5-1-2-6-11(10)14-8-9-4-3-7-13-9/h1-2,5-6,9,13H,3-4,7-8H2/t9-/m1/s1. The summed E-state index contributed by atoms with van der Waals surface area (Å²) in [7, 11) is 0. The number of rotatable bonds is 3. The van der Waals surface area contributed by atoms with Gasteiger partial charge in [0, 0.05) is 6.04 Å². The lowest BCUT2D eigenvalue weighted by Gasteiger charge is -2.12. The molecule has 3 heteroatoms. The van der Waals surface area contributed by atoms with Gasteiger partial charge in [0.1, 0.15) is 12.4 Å². The van der Waals surface area contributed by atoms with Gasteiger partial charge < -0.3 is 10.1 Å². The molecule has 0 radical (unpaired) electrons. The minimum atomic E-state index is 0.530. The second kappa shape index (κ2) is 4.80. The zero-order chi connectivity index (χ0) is 9.80. The fourth-order valence-electron chi connectivity index (χ4n) is 1.65. The second-order valence-electron chi connectivity index (χ2n) is 3.53. The van der Waals surface area contributed by atoms with Crippen molar-refractivity contribution in [1.82, 2.24) is 5.32 Å². The van der Waals surface area contributed by atoms with Crippen LogP contribution in [0, 0.1) is 0 Å². The molecule has 1 heterocycles. The van der Waals surface area contributed by atoms with Crippen molar-refractivity contribution in [2.24, 2.45) is 0 Å². The van der Waals surface area contributed by atoms with Crippen LogP contribution < -0.4 is 10.1 Å². The maximum Gasteiger partial charge on any atom is 0.133 e. The van der Waals surface area contributed by atoms with Gasteiger partial charge in [-0.15, -0.1) is 0 Å². The summed E-state index contributed by atoms with van der Waals surface area (Å²) < 4.78 is 6.74. The largest absolute Gasteiger partial charge is 0.491 e. The predicted octanol–water partition coefficient (Wildman–Crippen LogP) is 2.58. The summed E-state index contributed by atoms with van der Waals surface area (Å²) in [6.45, 7) is 1.90. The lowest BCUT2D eigenvalue weighted by Crippen LogP contribution is -2.28. The second-order valence-corrected chi connectivity index (χ2v) is 4.39. The van der Waals surface area contributed by atoms with Gasteiger partial charge in [-0.25, -0.2) is 0 Å². The van der Waals surface area contributed by atoms with Gasteiger partial charge in [-0.3, -0.25) is 0 Å². The van der Waals surface area contributed by atoms with E-state index in [-0.39, 0.29) is 0 Å². The maximum atomic E-state index is 5.71. The summed E-state index contributed by atoms with van der Waals surface area (Å²) in [6.07, 6.45) is 2.49. The lowest BCUT2D eigenvalue weighted by molar-refractivity contribution is 0.275. The molecule has 1 saturated heterocycles. The van der Waals surface area contributed by atoms with Crippen molar-refractivity contribution in [3.05, 3.63) is 28.7 Å². The van der Waals surface area contributed by atoms with Crippen LogP contribution in [0.4, 0.5) is 0 Å². The van der Waals surface area contributed by atoms with Crippen LogP contribution in [-0.2, 0) is 0 Å². The molecule has 1 aliphatic rings. The monoisotopic (exact) mass is 255 g/mol. The van der Waals surface area contributed by atoms with Crippen LogP contribution in [0.5, 0.6) is 5.75 Å². The average molecular weight is 256 g/mol. The molecule has 2 rings (SSSR count). The highest BCUT2D eigenvalue weighted by molar-refractivity contribution is 9.10. The predicted molar refractivity (Wildman–Crippen MR) is 60.7 cm³/mol. The van der Waals surface area contributed by atoms with Gasteiger partial charge in [0.05, 0.1) is 4.47 Å². The molecule has 14 heavy (non-hydrogen) atoms. The summed E-state index contributed by atoms with van der Waals surface area (Å²) in [5.74, 6) is 0.932. The van der Waals surface area contributed by atoms with Gasteiger partial charge in [-0.1, -0.05) is 12.1 Å². The summed E-state index contributed by atoms with van der Waals surface area (Å²) in [6, 6.07) is 8.49. The first kappa shape index (κ1) is 9.99. The molecule has 0 saturated carbocycles. The van der Waals surface area contributed by atoms with Crippen molar-refractivity contribution in [3.63, 3.8) is 0 Å². The van der Waals surface area contributed by atoms with E-state index in [9.17, 15) is 0 Å². The Hall–Kier alpha value is -0.540. The van der Waals surface area contributed by atoms with Crippen LogP contribution >= 0.6 is 15.9 Å². The average Bonchev–Trinajstić information content (AvgIpc) is 2.69. The molecule has 0 bridgehead atoms. The Kier molecular flexibility index (Phi) is 3.43. The van der Waals surface area contributed by atoms with Crippen molar-refractivity contribution in [2.75, 3.05) is 13.2 Å². The Morgan fingerprint density at radius 3 is 3.00 bits per heavy atom. The molecule has 1 atom stereocenters. The zero-order valence-corrected chi connectivity index (χ0v) is 9.59. The molecule has 0 aliphatic carbocycles. The van der Waals surface area contributed by atoms with Crippen LogP contribution in [0.1, 0.15) is 12.8 Å². The first-order chi connectivity index (χ1) is 6.86. The summed E-state index contributed by atoms with van der Waals surface area (Å²) in [4.78, 5) is 0. The lowest BCUT2D eigenvalue weighted by atomic mass is 10.2. The van der Waals surface area contributed by atoms with Crippen LogP contribution in [0.25, 0.3) is 0 Å². The topological polar surface area (TPSA) is 21.3 Å². The summed E-state index contributed by atoms with van der Waals surface area (Å²) in [5, 5.41) is 3.41. The Balaban J connectivity index is 1.88. The van der Waals surface area contributed by atoms with Crippen molar-refractivity contribution < 1.29 is 4.74 Å². The Labute approximate surface area is 92.8 Å². The van der Waals surface area contributed by atoms with E-state index < -0.39 is 0 Å². The van der Waals surface area contributed by atoms with Gasteiger partial charge in [0.15, 0.2) is 0 Å². The van der Waals surface area contributed by atoms with Crippen molar-refractivity contribution in [2.45, 2.75) is 18.9 Å². The van der Waals surface area contributed by atoms with Gasteiger partial charge >= 0.3 is 0 Å². The quantitative estimate of drug-likeness (QED) is 0.897. The van der Waals surface area contributed by atoms with E-state index >= 15 is 0 Å². The van der Waals surface area contributed by atoms with Gasteiger partial charge in [0.2, 0.25) is 0 Å². The van der Waals surface area contributed by atoms with E-state index in [1.165, 1.54) is 12.8 Å². The molecule has 0 aromatic heterocycles. The van der Waals surface area contributed by atoms with E-state index in [1.54, 1.807) is 0 Å². The van der Waals surface area contributed by atoms with Crippen LogP contribution in [0.2, 0.25) is 0 Å². The molecule has 2 nitrogen and oxygen atoms in total. The van der Waals surface area contributed by atoms with Gasteiger partial charge in [-0.2, -0.15) is 0 Å². The third-order valence-corrected chi connectivity index (χ3v) is 3.09. The first-order valence-corrected chi connectivity index (χ1v) is 5.76. The smallest absolute Gasteiger partial charge is 0.133 e. The molecule has 76 valence electrons. The van der Waals surface area contributed by atoms with Crippen molar-refractivity contribution in [3.8, 4) is 5.75 Å². The number of ether oxygens (including phenoxy) is 1. The fourth-order valence-corrected chi connectivity index (χ4v) is 2.05. The highest BCUT2D eigenvalue weighted by atomic mass is 79.9. The highest BCUT2D eigenvalue weighted by Crippen LogP contribution is 2.24. The summed E-state index contributed by atoms with van der Waals surface area (Å²) >= 11 is 3.46. The maximum absolute atomic E-state index is 5.71. The number of halogens is 1. The van der Waals surface area contributed by atoms with E-state index in [0.717, 1.165) is 23.4 Å². The molecule has 1 aliphatic heterocycles. The molecule has 0 amide bonds. The molecule has 1 aromatic carbocycles. The summed E-state index contributed by atoms with van der Waals surface area (Å²) in [5.41, 5.74) is 0. The Morgan fingerprint density at radius 2 is 2.29 bits per heavy atom. The fraction of sp³-hybridized carbons (Fsp3) is 0.455.